The number of amides is 1. The molecule has 0 spiro atoms. The van der Waals surface area contributed by atoms with E-state index in [2.05, 4.69) is 24.9 Å². The summed E-state index contributed by atoms with van der Waals surface area (Å²) in [5.74, 6) is -1.19. The molecule has 4 aromatic heterocycles. The van der Waals surface area contributed by atoms with E-state index in [-0.39, 0.29) is 35.0 Å². The second-order valence-corrected chi connectivity index (χ2v) is 8.22. The van der Waals surface area contributed by atoms with E-state index in [1.54, 1.807) is 17.4 Å². The van der Waals surface area contributed by atoms with E-state index in [1.165, 1.54) is 42.0 Å². The number of rotatable bonds is 5. The van der Waals surface area contributed by atoms with Crippen LogP contribution in [0.25, 0.3) is 16.6 Å². The minimum absolute atomic E-state index is 0.147. The Morgan fingerprint density at radius 3 is 2.54 bits per heavy atom. The lowest BCUT2D eigenvalue weighted by molar-refractivity contribution is -0.137. The lowest BCUT2D eigenvalue weighted by Gasteiger charge is -2.28. The number of pyridine rings is 1. The Hall–Kier alpha value is -4.68. The van der Waals surface area contributed by atoms with Crippen molar-refractivity contribution in [1.82, 2.24) is 34.2 Å². The number of alkyl halides is 3. The van der Waals surface area contributed by atoms with Gasteiger partial charge in [0.2, 0.25) is 0 Å². The predicted octanol–water partition coefficient (Wildman–Crippen LogP) is 4.21. The molecule has 188 valence electrons. The van der Waals surface area contributed by atoms with Gasteiger partial charge in [0.15, 0.2) is 0 Å². The first-order chi connectivity index (χ1) is 17.6. The van der Waals surface area contributed by atoms with Crippen LogP contribution in [0.3, 0.4) is 0 Å². The van der Waals surface area contributed by atoms with Crippen LogP contribution in [0.4, 0.5) is 23.4 Å². The van der Waals surface area contributed by atoms with Gasteiger partial charge in [-0.2, -0.15) is 13.2 Å². The molecule has 5 rings (SSSR count). The van der Waals surface area contributed by atoms with E-state index in [1.807, 2.05) is 0 Å². The van der Waals surface area contributed by atoms with E-state index in [0.29, 0.717) is 17.2 Å². The number of hydrogen-bond donors (Lipinski definition) is 1. The number of fused-ring (bicyclic) bond motifs is 3. The summed E-state index contributed by atoms with van der Waals surface area (Å²) in [5.41, 5.74) is 5.97. The first-order valence-corrected chi connectivity index (χ1v) is 10.9. The van der Waals surface area contributed by atoms with Gasteiger partial charge in [-0.1, -0.05) is 0 Å². The fourth-order valence-corrected chi connectivity index (χ4v) is 3.93. The fraction of sp³-hybridized carbons (Fsp3) is 0.167. The van der Waals surface area contributed by atoms with Gasteiger partial charge >= 0.3 is 6.18 Å². The number of nitrogens with two attached hydrogens (primary N) is 1. The number of imidazole rings is 1. The zero-order valence-electron chi connectivity index (χ0n) is 19.2. The Kier molecular flexibility index (Phi) is 5.90. The van der Waals surface area contributed by atoms with Gasteiger partial charge in [0.05, 0.1) is 53.0 Å². The van der Waals surface area contributed by atoms with Crippen LogP contribution in [-0.2, 0) is 12.7 Å². The van der Waals surface area contributed by atoms with Gasteiger partial charge in [0.1, 0.15) is 23.0 Å². The van der Waals surface area contributed by atoms with E-state index >= 15 is 4.39 Å². The van der Waals surface area contributed by atoms with Crippen molar-refractivity contribution in [3.05, 3.63) is 89.9 Å². The van der Waals surface area contributed by atoms with E-state index in [0.717, 1.165) is 12.1 Å². The molecule has 1 atom stereocenters. The molecule has 0 saturated heterocycles. The van der Waals surface area contributed by atoms with E-state index < -0.39 is 29.5 Å². The molecule has 0 bridgehead atoms. The molecule has 13 heteroatoms. The van der Waals surface area contributed by atoms with Crippen LogP contribution in [0.2, 0.25) is 0 Å². The molecule has 9 nitrogen and oxygen atoms in total. The average molecular weight is 510 g/mol. The van der Waals surface area contributed by atoms with Crippen LogP contribution in [0.15, 0.2) is 61.4 Å². The fourth-order valence-electron chi connectivity index (χ4n) is 3.93. The molecule has 0 unspecified atom stereocenters. The van der Waals surface area contributed by atoms with Gasteiger partial charge in [0, 0.05) is 24.7 Å². The highest BCUT2D eigenvalue weighted by Crippen LogP contribution is 2.30. The second kappa shape index (κ2) is 9.08. The molecule has 5 aromatic rings. The van der Waals surface area contributed by atoms with Crippen LogP contribution in [0.5, 0.6) is 0 Å². The quantitative estimate of drug-likeness (QED) is 0.352. The summed E-state index contributed by atoms with van der Waals surface area (Å²) in [6.07, 6.45) is 2.05. The minimum atomic E-state index is -4.56. The first kappa shape index (κ1) is 24.0. The number of nitrogens with zero attached hydrogens (tertiary/aromatic N) is 7. The standard InChI is InChI=1S/C24H18F4N8O/c1-13(22-31-5-2-6-32-22)35(11-15-4-3-14(9-33-15)24(26,27)28)23(37)16-7-19-18(8-17(16)25)34-21(29)20-10-30-12-36(19)20/h2-10,12-13H,11H2,1H3,(H2,29,34)/t13-/m1/s1. The molecule has 0 saturated carbocycles. The van der Waals surface area contributed by atoms with Gasteiger partial charge in [-0.15, -0.1) is 0 Å². The Bertz CT molecular complexity index is 1600. The zero-order valence-corrected chi connectivity index (χ0v) is 19.2. The Morgan fingerprint density at radius 1 is 1.11 bits per heavy atom. The summed E-state index contributed by atoms with van der Waals surface area (Å²) in [6, 6.07) is 5.29. The predicted molar refractivity (Wildman–Crippen MR) is 124 cm³/mol. The van der Waals surface area contributed by atoms with Gasteiger partial charge < -0.3 is 10.6 Å². The number of nitrogen functional groups attached to an aromatic ring is 1. The van der Waals surface area contributed by atoms with Crippen molar-refractivity contribution >= 4 is 28.3 Å². The van der Waals surface area contributed by atoms with Crippen LogP contribution in [0, 0.1) is 5.82 Å². The topological polar surface area (TPSA) is 115 Å². The average Bonchev–Trinajstić information content (AvgIpc) is 3.38. The number of benzene rings is 1. The molecular weight excluding hydrogens is 492 g/mol. The SMILES string of the molecule is C[C@H](c1ncccn1)N(Cc1ccc(C(F)(F)F)cn1)C(=O)c1cc2c(cc1F)nc(N)c1cncn12. The third-order valence-corrected chi connectivity index (χ3v) is 5.87. The lowest BCUT2D eigenvalue weighted by atomic mass is 10.1. The normalized spacial score (nSPS) is 12.7. The van der Waals surface area contributed by atoms with Crippen LogP contribution >= 0.6 is 0 Å². The third kappa shape index (κ3) is 4.50. The van der Waals surface area contributed by atoms with Crippen molar-refractivity contribution in [2.75, 3.05) is 5.73 Å². The molecule has 4 heterocycles. The molecule has 1 aromatic carbocycles. The van der Waals surface area contributed by atoms with E-state index in [9.17, 15) is 18.0 Å². The van der Waals surface area contributed by atoms with Crippen molar-refractivity contribution < 1.29 is 22.4 Å². The van der Waals surface area contributed by atoms with Crippen LogP contribution in [0.1, 0.15) is 40.4 Å². The number of carbonyl (C=O) groups is 1. The smallest absolute Gasteiger partial charge is 0.382 e. The highest BCUT2D eigenvalue weighted by molar-refractivity contribution is 5.98. The largest absolute Gasteiger partial charge is 0.417 e. The van der Waals surface area contributed by atoms with E-state index in [4.69, 9.17) is 5.73 Å². The molecule has 0 aliphatic carbocycles. The Balaban J connectivity index is 1.58. The Labute approximate surface area is 206 Å². The molecule has 0 fully saturated rings. The van der Waals surface area contributed by atoms with Gasteiger partial charge in [-0.25, -0.2) is 24.3 Å². The van der Waals surface area contributed by atoms with Crippen molar-refractivity contribution in [2.45, 2.75) is 25.7 Å². The van der Waals surface area contributed by atoms with Crippen molar-refractivity contribution in [3.63, 3.8) is 0 Å². The summed E-state index contributed by atoms with van der Waals surface area (Å²) < 4.78 is 55.8. The van der Waals surface area contributed by atoms with Gasteiger partial charge in [-0.3, -0.25) is 14.2 Å². The first-order valence-electron chi connectivity index (χ1n) is 10.9. The van der Waals surface area contributed by atoms with Crippen molar-refractivity contribution in [3.8, 4) is 0 Å². The van der Waals surface area contributed by atoms with Crippen LogP contribution in [-0.4, -0.2) is 40.1 Å². The lowest BCUT2D eigenvalue weighted by Crippen LogP contribution is -2.35. The maximum atomic E-state index is 15.3. The third-order valence-electron chi connectivity index (χ3n) is 5.87. The molecule has 2 N–H and O–H groups in total. The minimum Gasteiger partial charge on any atom is -0.382 e. The molecule has 0 aliphatic rings. The maximum Gasteiger partial charge on any atom is 0.417 e. The summed E-state index contributed by atoms with van der Waals surface area (Å²) in [5, 5.41) is 0. The number of halogens is 4. The van der Waals surface area contributed by atoms with Gasteiger partial charge in [0.25, 0.3) is 5.91 Å². The maximum absolute atomic E-state index is 15.3. The highest BCUT2D eigenvalue weighted by atomic mass is 19.4. The number of aromatic nitrogens is 6. The summed E-state index contributed by atoms with van der Waals surface area (Å²) in [6.45, 7) is 1.40. The van der Waals surface area contributed by atoms with Crippen molar-refractivity contribution in [2.24, 2.45) is 0 Å². The van der Waals surface area contributed by atoms with Crippen molar-refractivity contribution in [1.29, 1.82) is 0 Å². The Morgan fingerprint density at radius 2 is 1.86 bits per heavy atom. The summed E-state index contributed by atoms with van der Waals surface area (Å²) in [4.78, 5) is 35.4. The summed E-state index contributed by atoms with van der Waals surface area (Å²) >= 11 is 0. The second-order valence-electron chi connectivity index (χ2n) is 8.22. The molecule has 0 radical (unpaired) electrons. The number of hydrogen-bond acceptors (Lipinski definition) is 7. The highest BCUT2D eigenvalue weighted by Gasteiger charge is 2.32. The molecule has 0 aliphatic heterocycles. The number of carbonyl (C=O) groups excluding carboxylic acids is 1. The monoisotopic (exact) mass is 510 g/mol. The molecule has 1 amide bonds. The number of anilines is 1. The zero-order chi connectivity index (χ0) is 26.3. The van der Waals surface area contributed by atoms with Crippen LogP contribution < -0.4 is 5.73 Å². The molecular formula is C24H18F4N8O. The molecule has 37 heavy (non-hydrogen) atoms. The van der Waals surface area contributed by atoms with Gasteiger partial charge in [-0.05, 0) is 31.2 Å². The summed E-state index contributed by atoms with van der Waals surface area (Å²) in [7, 11) is 0.